The van der Waals surface area contributed by atoms with E-state index in [9.17, 15) is 4.79 Å². The SMILES string of the molecule is CN(Cc1ncn[nH]1)C(=O)CC(N)CC(C)(C)C. The van der Waals surface area contributed by atoms with Crippen LogP contribution < -0.4 is 5.73 Å². The Hall–Kier alpha value is -1.43. The highest BCUT2D eigenvalue weighted by atomic mass is 16.2. The molecule has 3 N–H and O–H groups in total. The van der Waals surface area contributed by atoms with Crippen molar-refractivity contribution in [3.05, 3.63) is 12.2 Å². The Morgan fingerprint density at radius 1 is 1.56 bits per heavy atom. The van der Waals surface area contributed by atoms with Crippen molar-refractivity contribution in [1.29, 1.82) is 0 Å². The first kappa shape index (κ1) is 14.6. The first-order valence-electron chi connectivity index (χ1n) is 6.12. The second-order valence-electron chi connectivity index (χ2n) is 5.91. The van der Waals surface area contributed by atoms with Gasteiger partial charge >= 0.3 is 0 Å². The molecule has 18 heavy (non-hydrogen) atoms. The van der Waals surface area contributed by atoms with Crippen LogP contribution in [-0.4, -0.2) is 39.1 Å². The van der Waals surface area contributed by atoms with Crippen LogP contribution in [0, 0.1) is 5.41 Å². The number of carbonyl (C=O) groups excluding carboxylic acids is 1. The zero-order valence-electron chi connectivity index (χ0n) is 11.6. The monoisotopic (exact) mass is 253 g/mol. The van der Waals surface area contributed by atoms with Gasteiger partial charge in [-0.1, -0.05) is 20.8 Å². The van der Waals surface area contributed by atoms with E-state index in [2.05, 4.69) is 36.0 Å². The fourth-order valence-electron chi connectivity index (χ4n) is 1.86. The van der Waals surface area contributed by atoms with Crippen LogP contribution in [0.5, 0.6) is 0 Å². The Bertz CT molecular complexity index is 368. The molecule has 1 aromatic heterocycles. The summed E-state index contributed by atoms with van der Waals surface area (Å²) >= 11 is 0. The first-order valence-corrected chi connectivity index (χ1v) is 6.12. The Morgan fingerprint density at radius 3 is 2.72 bits per heavy atom. The Kier molecular flexibility index (Phi) is 4.84. The lowest BCUT2D eigenvalue weighted by atomic mass is 9.87. The summed E-state index contributed by atoms with van der Waals surface area (Å²) in [5.41, 5.74) is 6.13. The number of amides is 1. The fraction of sp³-hybridized carbons (Fsp3) is 0.750. The van der Waals surface area contributed by atoms with E-state index < -0.39 is 0 Å². The van der Waals surface area contributed by atoms with E-state index in [-0.39, 0.29) is 17.4 Å². The molecule has 1 heterocycles. The minimum Gasteiger partial charge on any atom is -0.338 e. The summed E-state index contributed by atoms with van der Waals surface area (Å²) < 4.78 is 0. The molecule has 0 bridgehead atoms. The Labute approximate surface area is 108 Å². The average Bonchev–Trinajstić information content (AvgIpc) is 2.66. The van der Waals surface area contributed by atoms with Gasteiger partial charge in [0.15, 0.2) is 0 Å². The van der Waals surface area contributed by atoms with Crippen LogP contribution in [0.2, 0.25) is 0 Å². The Balaban J connectivity index is 2.40. The number of carbonyl (C=O) groups is 1. The standard InChI is InChI=1S/C12H23N5O/c1-12(2,3)6-9(13)5-11(18)17(4)7-10-14-8-15-16-10/h8-9H,5-7,13H2,1-4H3,(H,14,15,16). The maximum absolute atomic E-state index is 11.9. The first-order chi connectivity index (χ1) is 8.28. The molecule has 0 radical (unpaired) electrons. The summed E-state index contributed by atoms with van der Waals surface area (Å²) in [7, 11) is 1.74. The lowest BCUT2D eigenvalue weighted by Crippen LogP contribution is -2.35. The van der Waals surface area contributed by atoms with Gasteiger partial charge in [0.1, 0.15) is 12.2 Å². The number of nitrogens with one attached hydrogen (secondary N) is 1. The van der Waals surface area contributed by atoms with Crippen molar-refractivity contribution in [2.24, 2.45) is 11.1 Å². The van der Waals surface area contributed by atoms with Crippen molar-refractivity contribution in [2.45, 2.75) is 46.2 Å². The van der Waals surface area contributed by atoms with E-state index in [0.29, 0.717) is 18.8 Å². The number of aromatic nitrogens is 3. The third-order valence-electron chi connectivity index (χ3n) is 2.59. The highest BCUT2D eigenvalue weighted by molar-refractivity contribution is 5.76. The molecule has 1 aromatic rings. The van der Waals surface area contributed by atoms with Gasteiger partial charge in [-0.15, -0.1) is 0 Å². The maximum Gasteiger partial charge on any atom is 0.224 e. The molecule has 1 unspecified atom stereocenters. The molecule has 0 aliphatic carbocycles. The minimum atomic E-state index is -0.102. The van der Waals surface area contributed by atoms with Crippen molar-refractivity contribution < 1.29 is 4.79 Å². The smallest absolute Gasteiger partial charge is 0.224 e. The van der Waals surface area contributed by atoms with Crippen molar-refractivity contribution >= 4 is 5.91 Å². The molecule has 6 heteroatoms. The predicted molar refractivity (Wildman–Crippen MR) is 69.5 cm³/mol. The molecule has 6 nitrogen and oxygen atoms in total. The summed E-state index contributed by atoms with van der Waals surface area (Å²) in [4.78, 5) is 17.5. The van der Waals surface area contributed by atoms with E-state index in [1.807, 2.05) is 0 Å². The zero-order valence-corrected chi connectivity index (χ0v) is 11.6. The topological polar surface area (TPSA) is 87.9 Å². The lowest BCUT2D eigenvalue weighted by molar-refractivity contribution is -0.131. The number of nitrogens with two attached hydrogens (primary N) is 1. The molecule has 0 spiro atoms. The maximum atomic E-state index is 11.9. The Morgan fingerprint density at radius 2 is 2.22 bits per heavy atom. The van der Waals surface area contributed by atoms with Gasteiger partial charge in [0.25, 0.3) is 0 Å². The van der Waals surface area contributed by atoms with E-state index in [1.54, 1.807) is 11.9 Å². The largest absolute Gasteiger partial charge is 0.338 e. The van der Waals surface area contributed by atoms with Crippen molar-refractivity contribution in [3.63, 3.8) is 0 Å². The third-order valence-corrected chi connectivity index (χ3v) is 2.59. The highest BCUT2D eigenvalue weighted by Crippen LogP contribution is 2.21. The number of aromatic amines is 1. The molecule has 0 aromatic carbocycles. The molecule has 1 atom stereocenters. The molecule has 1 amide bonds. The highest BCUT2D eigenvalue weighted by Gasteiger charge is 2.20. The average molecular weight is 253 g/mol. The van der Waals surface area contributed by atoms with E-state index in [1.165, 1.54) is 6.33 Å². The number of H-pyrrole nitrogens is 1. The van der Waals surface area contributed by atoms with Crippen LogP contribution in [-0.2, 0) is 11.3 Å². The number of rotatable bonds is 5. The van der Waals surface area contributed by atoms with Crippen molar-refractivity contribution in [3.8, 4) is 0 Å². The molecular weight excluding hydrogens is 230 g/mol. The van der Waals surface area contributed by atoms with Gasteiger partial charge in [-0.05, 0) is 11.8 Å². The van der Waals surface area contributed by atoms with Crippen LogP contribution in [0.3, 0.4) is 0 Å². The van der Waals surface area contributed by atoms with Crippen LogP contribution in [0.25, 0.3) is 0 Å². The predicted octanol–water partition coefficient (Wildman–Crippen LogP) is 0.917. The quantitative estimate of drug-likeness (QED) is 0.816. The van der Waals surface area contributed by atoms with Gasteiger partial charge in [-0.3, -0.25) is 9.89 Å². The minimum absolute atomic E-state index is 0.0307. The van der Waals surface area contributed by atoms with Gasteiger partial charge in [-0.25, -0.2) is 4.98 Å². The summed E-state index contributed by atoms with van der Waals surface area (Å²) in [6.45, 7) is 6.79. The van der Waals surface area contributed by atoms with Crippen molar-refractivity contribution in [2.75, 3.05) is 7.05 Å². The van der Waals surface area contributed by atoms with Crippen LogP contribution in [0.1, 0.15) is 39.4 Å². The zero-order chi connectivity index (χ0) is 13.8. The van der Waals surface area contributed by atoms with E-state index in [4.69, 9.17) is 5.73 Å². The lowest BCUT2D eigenvalue weighted by Gasteiger charge is -2.24. The van der Waals surface area contributed by atoms with Gasteiger partial charge in [0, 0.05) is 19.5 Å². The molecule has 0 aliphatic heterocycles. The molecule has 1 rings (SSSR count). The van der Waals surface area contributed by atoms with Gasteiger partial charge < -0.3 is 10.6 Å². The van der Waals surface area contributed by atoms with Crippen LogP contribution >= 0.6 is 0 Å². The van der Waals surface area contributed by atoms with Gasteiger partial charge in [0.2, 0.25) is 5.91 Å². The third kappa shape index (κ3) is 5.27. The summed E-state index contributed by atoms with van der Waals surface area (Å²) in [5, 5.41) is 6.47. The number of hydrogen-bond acceptors (Lipinski definition) is 4. The number of hydrogen-bond donors (Lipinski definition) is 2. The van der Waals surface area contributed by atoms with Gasteiger partial charge in [-0.2, -0.15) is 5.10 Å². The molecule has 0 saturated heterocycles. The molecule has 0 saturated carbocycles. The molecule has 0 aliphatic rings. The van der Waals surface area contributed by atoms with Crippen molar-refractivity contribution in [1.82, 2.24) is 20.1 Å². The van der Waals surface area contributed by atoms with E-state index >= 15 is 0 Å². The number of nitrogens with zero attached hydrogens (tertiary/aromatic N) is 3. The van der Waals surface area contributed by atoms with E-state index in [0.717, 1.165) is 6.42 Å². The molecular formula is C12H23N5O. The van der Waals surface area contributed by atoms with Crippen LogP contribution in [0.4, 0.5) is 0 Å². The molecule has 0 fully saturated rings. The normalized spacial score (nSPS) is 13.4. The summed E-state index contributed by atoms with van der Waals surface area (Å²) in [6.07, 6.45) is 2.62. The summed E-state index contributed by atoms with van der Waals surface area (Å²) in [6, 6.07) is -0.102. The fourth-order valence-corrected chi connectivity index (χ4v) is 1.86. The van der Waals surface area contributed by atoms with Gasteiger partial charge in [0.05, 0.1) is 6.54 Å². The second kappa shape index (κ2) is 5.95. The molecule has 102 valence electrons. The van der Waals surface area contributed by atoms with Crippen LogP contribution in [0.15, 0.2) is 6.33 Å². The second-order valence-corrected chi connectivity index (χ2v) is 5.91. The summed E-state index contributed by atoms with van der Waals surface area (Å²) in [5.74, 6) is 0.707.